The van der Waals surface area contributed by atoms with Gasteiger partial charge in [0.2, 0.25) is 0 Å². The van der Waals surface area contributed by atoms with E-state index in [9.17, 15) is 21.6 Å². The van der Waals surface area contributed by atoms with E-state index in [1.54, 1.807) is 19.1 Å². The summed E-state index contributed by atoms with van der Waals surface area (Å²) in [5.41, 5.74) is 1.11. The van der Waals surface area contributed by atoms with Gasteiger partial charge in [-0.15, -0.1) is 0 Å². The van der Waals surface area contributed by atoms with E-state index in [0.29, 0.717) is 6.42 Å². The first kappa shape index (κ1) is 20.9. The van der Waals surface area contributed by atoms with Crippen molar-refractivity contribution in [2.24, 2.45) is 0 Å². The molecule has 10 heteroatoms. The molecule has 0 saturated carbocycles. The zero-order chi connectivity index (χ0) is 20.1. The van der Waals surface area contributed by atoms with Crippen LogP contribution in [-0.4, -0.2) is 29.5 Å². The lowest BCUT2D eigenvalue weighted by atomic mass is 10.2. The zero-order valence-corrected chi connectivity index (χ0v) is 16.4. The lowest BCUT2D eigenvalue weighted by Gasteiger charge is -2.10. The number of benzene rings is 2. The molecule has 8 nitrogen and oxygen atoms in total. The Labute approximate surface area is 158 Å². The average molecular weight is 412 g/mol. The van der Waals surface area contributed by atoms with E-state index in [0.717, 1.165) is 5.56 Å². The molecule has 0 fully saturated rings. The molecule has 0 saturated heterocycles. The van der Waals surface area contributed by atoms with Gasteiger partial charge in [0.05, 0.1) is 16.4 Å². The maximum atomic E-state index is 12.2. The van der Waals surface area contributed by atoms with Crippen LogP contribution in [0.1, 0.15) is 18.9 Å². The molecule has 2 amide bonds. The largest absolute Gasteiger partial charge is 0.333 e. The summed E-state index contributed by atoms with van der Waals surface area (Å²) in [6.45, 7) is 3.67. The molecule has 0 bridgehead atoms. The Kier molecular flexibility index (Phi) is 6.58. The Balaban J connectivity index is 2.04. The Morgan fingerprint density at radius 1 is 0.926 bits per heavy atom. The summed E-state index contributed by atoms with van der Waals surface area (Å²) in [6, 6.07) is 10.2. The third-order valence-electron chi connectivity index (χ3n) is 3.40. The van der Waals surface area contributed by atoms with Gasteiger partial charge < -0.3 is 5.32 Å². The minimum absolute atomic E-state index is 0.0437. The van der Waals surface area contributed by atoms with E-state index in [1.807, 2.05) is 11.6 Å². The van der Waals surface area contributed by atoms with E-state index >= 15 is 0 Å². The van der Waals surface area contributed by atoms with Gasteiger partial charge in [0.1, 0.15) is 0 Å². The quantitative estimate of drug-likeness (QED) is 0.675. The fourth-order valence-corrected chi connectivity index (χ4v) is 3.92. The molecule has 0 aliphatic rings. The van der Waals surface area contributed by atoms with Crippen LogP contribution in [0.4, 0.5) is 10.5 Å². The van der Waals surface area contributed by atoms with Crippen LogP contribution in [-0.2, 0) is 24.3 Å². The molecular formula is C17H20N2O6S2. The van der Waals surface area contributed by atoms with Crippen molar-refractivity contribution in [1.82, 2.24) is 4.72 Å². The predicted molar refractivity (Wildman–Crippen MR) is 100 cm³/mol. The molecule has 0 heterocycles. The predicted octanol–water partition coefficient (Wildman–Crippen LogP) is 2.62. The van der Waals surface area contributed by atoms with Crippen molar-refractivity contribution in [1.29, 1.82) is 0 Å². The van der Waals surface area contributed by atoms with Gasteiger partial charge in [-0.25, -0.2) is 17.9 Å². The number of anilines is 1. The van der Waals surface area contributed by atoms with Gasteiger partial charge in [-0.3, -0.25) is 4.18 Å². The second-order valence-corrected chi connectivity index (χ2v) is 8.97. The van der Waals surface area contributed by atoms with Gasteiger partial charge in [-0.2, -0.15) is 8.42 Å². The van der Waals surface area contributed by atoms with Crippen LogP contribution >= 0.6 is 0 Å². The topological polar surface area (TPSA) is 119 Å². The monoisotopic (exact) mass is 412 g/mol. The third-order valence-corrected chi connectivity index (χ3v) is 6.08. The smallest absolute Gasteiger partial charge is 0.307 e. The number of aryl methyl sites for hydroxylation is 1. The molecule has 0 spiro atoms. The summed E-state index contributed by atoms with van der Waals surface area (Å²) in [5.74, 6) is 0. The van der Waals surface area contributed by atoms with Gasteiger partial charge in [-0.05, 0) is 49.7 Å². The molecule has 0 aromatic heterocycles. The Morgan fingerprint density at radius 3 is 2.04 bits per heavy atom. The standard InChI is InChI=1S/C17H20N2O6S2/c1-3-12-25-27(23,24)16-10-6-14(7-11-16)18-17(20)19-26(21,22)15-8-4-13(2)5-9-15/h4-11H,3,12H2,1-2H3,(H2,18,19,20). The summed E-state index contributed by atoms with van der Waals surface area (Å²) in [7, 11) is -7.88. The summed E-state index contributed by atoms with van der Waals surface area (Å²) in [4.78, 5) is 11.8. The second-order valence-electron chi connectivity index (χ2n) is 5.67. The molecule has 146 valence electrons. The van der Waals surface area contributed by atoms with Crippen molar-refractivity contribution in [2.75, 3.05) is 11.9 Å². The summed E-state index contributed by atoms with van der Waals surface area (Å²) in [6.07, 6.45) is 0.550. The Bertz CT molecular complexity index is 998. The Morgan fingerprint density at radius 2 is 1.48 bits per heavy atom. The van der Waals surface area contributed by atoms with Crippen molar-refractivity contribution in [2.45, 2.75) is 30.1 Å². The summed E-state index contributed by atoms with van der Waals surface area (Å²) < 4.78 is 54.8. The van der Waals surface area contributed by atoms with Crippen LogP contribution in [0.15, 0.2) is 58.3 Å². The molecule has 0 radical (unpaired) electrons. The number of sulfonamides is 1. The first-order chi connectivity index (χ1) is 12.6. The molecule has 0 aliphatic carbocycles. The van der Waals surface area contributed by atoms with Gasteiger partial charge in [0.25, 0.3) is 20.1 Å². The first-order valence-electron chi connectivity index (χ1n) is 8.04. The highest BCUT2D eigenvalue weighted by molar-refractivity contribution is 7.90. The zero-order valence-electron chi connectivity index (χ0n) is 14.8. The number of hydrogen-bond acceptors (Lipinski definition) is 6. The van der Waals surface area contributed by atoms with Crippen LogP contribution in [0.2, 0.25) is 0 Å². The summed E-state index contributed by atoms with van der Waals surface area (Å²) in [5, 5.41) is 2.34. The van der Waals surface area contributed by atoms with E-state index in [-0.39, 0.29) is 22.1 Å². The van der Waals surface area contributed by atoms with E-state index in [4.69, 9.17) is 4.18 Å². The van der Waals surface area contributed by atoms with Crippen molar-refractivity contribution < 1.29 is 25.8 Å². The molecule has 2 aromatic rings. The molecule has 0 aliphatic heterocycles. The highest BCUT2D eigenvalue weighted by Crippen LogP contribution is 2.17. The molecular weight excluding hydrogens is 392 g/mol. The van der Waals surface area contributed by atoms with Crippen molar-refractivity contribution in [3.8, 4) is 0 Å². The van der Waals surface area contributed by atoms with Gasteiger partial charge in [-0.1, -0.05) is 24.6 Å². The molecule has 2 N–H and O–H groups in total. The number of carbonyl (C=O) groups is 1. The SMILES string of the molecule is CCCOS(=O)(=O)c1ccc(NC(=O)NS(=O)(=O)c2ccc(C)cc2)cc1. The lowest BCUT2D eigenvalue weighted by molar-refractivity contribution is 0.256. The number of amides is 2. The van der Waals surface area contributed by atoms with Crippen LogP contribution in [0.5, 0.6) is 0 Å². The molecule has 2 aromatic carbocycles. The number of carbonyl (C=O) groups excluding carboxylic acids is 1. The van der Waals surface area contributed by atoms with Crippen LogP contribution in [0, 0.1) is 6.92 Å². The van der Waals surface area contributed by atoms with Crippen LogP contribution in [0.3, 0.4) is 0 Å². The Hall–Kier alpha value is -2.43. The maximum Gasteiger partial charge on any atom is 0.333 e. The van der Waals surface area contributed by atoms with Crippen LogP contribution < -0.4 is 10.0 Å². The highest BCUT2D eigenvalue weighted by atomic mass is 32.2. The molecule has 27 heavy (non-hydrogen) atoms. The number of rotatable bonds is 7. The van der Waals surface area contributed by atoms with Gasteiger partial charge >= 0.3 is 6.03 Å². The average Bonchev–Trinajstić information content (AvgIpc) is 2.60. The second kappa shape index (κ2) is 8.51. The first-order valence-corrected chi connectivity index (χ1v) is 10.9. The number of hydrogen-bond donors (Lipinski definition) is 2. The van der Waals surface area contributed by atoms with E-state index in [2.05, 4.69) is 5.32 Å². The highest BCUT2D eigenvalue weighted by Gasteiger charge is 2.18. The number of nitrogens with one attached hydrogen (secondary N) is 2. The van der Waals surface area contributed by atoms with Crippen molar-refractivity contribution in [3.05, 3.63) is 54.1 Å². The normalized spacial score (nSPS) is 11.8. The third kappa shape index (κ3) is 5.78. The van der Waals surface area contributed by atoms with Crippen molar-refractivity contribution in [3.63, 3.8) is 0 Å². The van der Waals surface area contributed by atoms with E-state index in [1.165, 1.54) is 36.4 Å². The summed E-state index contributed by atoms with van der Waals surface area (Å²) >= 11 is 0. The lowest BCUT2D eigenvalue weighted by Crippen LogP contribution is -2.34. The minimum Gasteiger partial charge on any atom is -0.307 e. The molecule has 2 rings (SSSR count). The van der Waals surface area contributed by atoms with Crippen molar-refractivity contribution >= 4 is 31.9 Å². The molecule has 0 unspecified atom stereocenters. The van der Waals surface area contributed by atoms with E-state index < -0.39 is 26.2 Å². The number of urea groups is 1. The minimum atomic E-state index is -4.02. The van der Waals surface area contributed by atoms with Gasteiger partial charge in [0, 0.05) is 5.69 Å². The van der Waals surface area contributed by atoms with Gasteiger partial charge in [0.15, 0.2) is 0 Å². The van der Waals surface area contributed by atoms with Crippen LogP contribution in [0.25, 0.3) is 0 Å². The molecule has 0 atom stereocenters. The fourth-order valence-electron chi connectivity index (χ4n) is 2.02. The fraction of sp³-hybridized carbons (Fsp3) is 0.235. The maximum absolute atomic E-state index is 12.2.